The van der Waals surface area contributed by atoms with Crippen LogP contribution in [-0.2, 0) is 6.42 Å². The lowest BCUT2D eigenvalue weighted by atomic mass is 9.86. The Bertz CT molecular complexity index is 3230. The molecule has 7 aromatic rings. The van der Waals surface area contributed by atoms with Crippen LogP contribution in [0.15, 0.2) is 204 Å². The molecule has 0 saturated heterocycles. The average molecular weight is 799 g/mol. The summed E-state index contributed by atoms with van der Waals surface area (Å²) in [5, 5.41) is 3.93. The van der Waals surface area contributed by atoms with Crippen LogP contribution in [-0.4, -0.2) is 9.13 Å². The van der Waals surface area contributed by atoms with E-state index in [1.54, 1.807) is 0 Å². The molecular formula is C60H50N2. The zero-order valence-corrected chi connectivity index (χ0v) is 35.2. The Kier molecular flexibility index (Phi) is 9.25. The van der Waals surface area contributed by atoms with E-state index in [9.17, 15) is 0 Å². The highest BCUT2D eigenvalue weighted by molar-refractivity contribution is 6.10. The molecule has 5 aliphatic carbocycles. The minimum Gasteiger partial charge on any atom is -0.310 e. The van der Waals surface area contributed by atoms with E-state index in [4.69, 9.17) is 0 Å². The van der Waals surface area contributed by atoms with Crippen molar-refractivity contribution in [3.8, 4) is 22.5 Å². The first-order valence-corrected chi connectivity index (χ1v) is 22.8. The van der Waals surface area contributed by atoms with Gasteiger partial charge in [0.2, 0.25) is 0 Å². The van der Waals surface area contributed by atoms with Crippen molar-refractivity contribution in [2.75, 3.05) is 0 Å². The zero-order chi connectivity index (χ0) is 41.0. The molecule has 0 fully saturated rings. The van der Waals surface area contributed by atoms with E-state index in [0.29, 0.717) is 5.92 Å². The topological polar surface area (TPSA) is 9.86 Å². The standard InChI is InChI=1S/C60H50N2/c1-3-11-41(12-4-1)43-19-23-45(24-20-43)47-27-33-51(34-28-47)61-57-17-9-7-15-53(57)55-39-49(31-37-59(55)61)50-32-38-60-56(40-50)54-16-8-10-18-58(54)62(60)52-35-29-48(30-36-52)46-25-21-44(22-26-46)42-13-5-2-6-14-42/h1-3,5,7,9-11,13,15,17-21,23,25,27-40,45H,4,6,8,12,14,16,22,24,26H2. The average Bonchev–Trinajstić information content (AvgIpc) is 3.87. The van der Waals surface area contributed by atoms with Gasteiger partial charge in [-0.15, -0.1) is 0 Å². The van der Waals surface area contributed by atoms with Crippen LogP contribution in [0, 0.1) is 0 Å². The van der Waals surface area contributed by atoms with E-state index in [1.807, 2.05) is 0 Å². The Morgan fingerprint density at radius 2 is 1.08 bits per heavy atom. The number of para-hydroxylation sites is 1. The van der Waals surface area contributed by atoms with Crippen molar-refractivity contribution < 1.29 is 0 Å². The number of aromatic nitrogens is 2. The van der Waals surface area contributed by atoms with Gasteiger partial charge in [-0.1, -0.05) is 128 Å². The number of benzene rings is 5. The van der Waals surface area contributed by atoms with Crippen LogP contribution in [0.25, 0.3) is 66.9 Å². The molecule has 0 saturated carbocycles. The molecule has 12 rings (SSSR count). The minimum absolute atomic E-state index is 0.406. The molecule has 0 radical (unpaired) electrons. The van der Waals surface area contributed by atoms with Crippen LogP contribution in [0.4, 0.5) is 0 Å². The number of aryl methyl sites for hydroxylation is 1. The molecule has 5 aromatic carbocycles. The van der Waals surface area contributed by atoms with Crippen molar-refractivity contribution in [3.05, 3.63) is 227 Å². The van der Waals surface area contributed by atoms with Crippen LogP contribution >= 0.6 is 0 Å². The van der Waals surface area contributed by atoms with Gasteiger partial charge in [0, 0.05) is 39.1 Å². The number of rotatable bonds is 7. The first-order chi connectivity index (χ1) is 30.7. The van der Waals surface area contributed by atoms with Gasteiger partial charge < -0.3 is 9.13 Å². The molecule has 1 unspecified atom stereocenters. The summed E-state index contributed by atoms with van der Waals surface area (Å²) in [4.78, 5) is 0. The van der Waals surface area contributed by atoms with E-state index < -0.39 is 0 Å². The smallest absolute Gasteiger partial charge is 0.0541 e. The largest absolute Gasteiger partial charge is 0.310 e. The Balaban J connectivity index is 0.852. The van der Waals surface area contributed by atoms with Crippen molar-refractivity contribution in [3.63, 3.8) is 0 Å². The molecule has 0 spiro atoms. The first kappa shape index (κ1) is 36.9. The maximum absolute atomic E-state index is 2.48. The normalized spacial score (nSPS) is 18.5. The number of nitrogens with zero attached hydrogens (tertiary/aromatic N) is 2. The Hall–Kier alpha value is -6.90. The maximum Gasteiger partial charge on any atom is 0.0541 e. The second kappa shape index (κ2) is 15.5. The lowest BCUT2D eigenvalue weighted by Crippen LogP contribution is -2.02. The van der Waals surface area contributed by atoms with Gasteiger partial charge in [0.1, 0.15) is 0 Å². The third kappa shape index (κ3) is 6.48. The molecule has 2 aromatic heterocycles. The van der Waals surface area contributed by atoms with E-state index >= 15 is 0 Å². The highest BCUT2D eigenvalue weighted by Crippen LogP contribution is 2.40. The molecule has 0 N–H and O–H groups in total. The summed E-state index contributed by atoms with van der Waals surface area (Å²) in [6, 6.07) is 41.7. The first-order valence-electron chi connectivity index (χ1n) is 22.8. The predicted molar refractivity (Wildman–Crippen MR) is 263 cm³/mol. The third-order valence-electron chi connectivity index (χ3n) is 14.1. The lowest BCUT2D eigenvalue weighted by molar-refractivity contribution is 0.840. The molecule has 2 heterocycles. The lowest BCUT2D eigenvalue weighted by Gasteiger charge is -2.19. The fraction of sp³-hybridized carbons (Fsp3) is 0.167. The van der Waals surface area contributed by atoms with Crippen molar-refractivity contribution in [2.45, 2.75) is 63.7 Å². The molecule has 2 nitrogen and oxygen atoms in total. The zero-order valence-electron chi connectivity index (χ0n) is 35.2. The van der Waals surface area contributed by atoms with Gasteiger partial charge in [-0.25, -0.2) is 0 Å². The number of hydrogen-bond acceptors (Lipinski definition) is 0. The molecule has 1 atom stereocenters. The van der Waals surface area contributed by atoms with Crippen molar-refractivity contribution in [2.24, 2.45) is 0 Å². The molecule has 5 aliphatic rings. The van der Waals surface area contributed by atoms with Gasteiger partial charge >= 0.3 is 0 Å². The van der Waals surface area contributed by atoms with Gasteiger partial charge in [-0.2, -0.15) is 0 Å². The van der Waals surface area contributed by atoms with E-state index in [-0.39, 0.29) is 0 Å². The quantitative estimate of drug-likeness (QED) is 0.152. The molecule has 0 aliphatic heterocycles. The van der Waals surface area contributed by atoms with Crippen molar-refractivity contribution in [1.82, 2.24) is 9.13 Å². The minimum atomic E-state index is 0.406. The van der Waals surface area contributed by atoms with Crippen molar-refractivity contribution in [1.29, 1.82) is 0 Å². The van der Waals surface area contributed by atoms with Crippen LogP contribution in [0.2, 0.25) is 0 Å². The van der Waals surface area contributed by atoms with E-state index in [2.05, 4.69) is 197 Å². The summed E-state index contributed by atoms with van der Waals surface area (Å²) in [6.45, 7) is 0. The fourth-order valence-corrected chi connectivity index (χ4v) is 10.8. The Labute approximate surface area is 364 Å². The summed E-state index contributed by atoms with van der Waals surface area (Å²) < 4.78 is 4.93. The van der Waals surface area contributed by atoms with Crippen LogP contribution in [0.5, 0.6) is 0 Å². The third-order valence-corrected chi connectivity index (χ3v) is 14.1. The van der Waals surface area contributed by atoms with E-state index in [0.717, 1.165) is 57.8 Å². The summed E-state index contributed by atoms with van der Waals surface area (Å²) in [5.74, 6) is 0.406. The van der Waals surface area contributed by atoms with Gasteiger partial charge in [0.05, 0.1) is 16.6 Å². The molecule has 300 valence electrons. The SMILES string of the molecule is C1=CCCC(C2=CCC(c3ccc(-n4c5ccccc5c5cc(-c6ccc7c(c6)c6c(n7-c7ccc(C8=CC=C(C9=CC=CCC9)CC8)cc7)C=CCC6)ccc54)cc3)C=C2)=C1. The summed E-state index contributed by atoms with van der Waals surface area (Å²) in [7, 11) is 0. The highest BCUT2D eigenvalue weighted by atomic mass is 15.0. The van der Waals surface area contributed by atoms with Crippen molar-refractivity contribution >= 4 is 44.4 Å². The fourth-order valence-electron chi connectivity index (χ4n) is 10.8. The van der Waals surface area contributed by atoms with Gasteiger partial charge in [-0.05, 0) is 174 Å². The molecule has 2 heteroatoms. The van der Waals surface area contributed by atoms with Crippen LogP contribution < -0.4 is 0 Å². The van der Waals surface area contributed by atoms with Crippen LogP contribution in [0.3, 0.4) is 0 Å². The Morgan fingerprint density at radius 1 is 0.452 bits per heavy atom. The number of fused-ring (bicyclic) bond motifs is 6. The van der Waals surface area contributed by atoms with Gasteiger partial charge in [-0.3, -0.25) is 0 Å². The second-order valence-electron chi connectivity index (χ2n) is 17.7. The summed E-state index contributed by atoms with van der Waals surface area (Å²) in [6.07, 6.45) is 40.1. The molecule has 62 heavy (non-hydrogen) atoms. The van der Waals surface area contributed by atoms with Gasteiger partial charge in [0.25, 0.3) is 0 Å². The predicted octanol–water partition coefficient (Wildman–Crippen LogP) is 16.0. The summed E-state index contributed by atoms with van der Waals surface area (Å²) in [5.41, 5.74) is 21.4. The molecule has 0 amide bonds. The highest BCUT2D eigenvalue weighted by Gasteiger charge is 2.21. The molecular weight excluding hydrogens is 749 g/mol. The number of hydrogen-bond donors (Lipinski definition) is 0. The van der Waals surface area contributed by atoms with Gasteiger partial charge in [0.15, 0.2) is 0 Å². The number of allylic oxidation sites excluding steroid dienone is 17. The Morgan fingerprint density at radius 3 is 1.81 bits per heavy atom. The molecule has 0 bridgehead atoms. The maximum atomic E-state index is 2.48. The van der Waals surface area contributed by atoms with E-state index in [1.165, 1.54) is 105 Å². The second-order valence-corrected chi connectivity index (χ2v) is 17.7. The summed E-state index contributed by atoms with van der Waals surface area (Å²) >= 11 is 0. The monoisotopic (exact) mass is 798 g/mol. The van der Waals surface area contributed by atoms with Crippen LogP contribution in [0.1, 0.15) is 79.7 Å².